The first-order chi connectivity index (χ1) is 9.40. The van der Waals surface area contributed by atoms with Crippen molar-refractivity contribution in [1.29, 1.82) is 0 Å². The van der Waals surface area contributed by atoms with Gasteiger partial charge in [-0.15, -0.1) is 12.8 Å². The van der Waals surface area contributed by atoms with Gasteiger partial charge in [-0.1, -0.05) is 45.6 Å². The SMILES string of the molecule is C#CCOc1ccc(C(C)C(C)(C)C)cc1OCC#C. The molecule has 0 heterocycles. The molecule has 0 bridgehead atoms. The van der Waals surface area contributed by atoms with Crippen LogP contribution in [0, 0.1) is 30.1 Å². The van der Waals surface area contributed by atoms with E-state index in [1.54, 1.807) is 0 Å². The van der Waals surface area contributed by atoms with E-state index in [2.05, 4.69) is 39.5 Å². The van der Waals surface area contributed by atoms with Gasteiger partial charge in [0.1, 0.15) is 13.2 Å². The van der Waals surface area contributed by atoms with Crippen LogP contribution in [0.1, 0.15) is 39.2 Å². The predicted octanol–water partition coefficient (Wildman–Crippen LogP) is 3.86. The van der Waals surface area contributed by atoms with E-state index < -0.39 is 0 Å². The number of rotatable bonds is 5. The van der Waals surface area contributed by atoms with Crippen molar-refractivity contribution in [1.82, 2.24) is 0 Å². The van der Waals surface area contributed by atoms with Gasteiger partial charge in [-0.2, -0.15) is 0 Å². The summed E-state index contributed by atoms with van der Waals surface area (Å²) in [5.74, 6) is 6.56. The van der Waals surface area contributed by atoms with E-state index >= 15 is 0 Å². The van der Waals surface area contributed by atoms with E-state index in [-0.39, 0.29) is 18.6 Å². The minimum Gasteiger partial charge on any atom is -0.477 e. The third kappa shape index (κ3) is 4.25. The molecule has 0 aromatic heterocycles. The topological polar surface area (TPSA) is 18.5 Å². The Balaban J connectivity index is 3.07. The summed E-state index contributed by atoms with van der Waals surface area (Å²) < 4.78 is 11.0. The number of hydrogen-bond acceptors (Lipinski definition) is 2. The maximum Gasteiger partial charge on any atom is 0.162 e. The smallest absolute Gasteiger partial charge is 0.162 e. The fourth-order valence-corrected chi connectivity index (χ4v) is 1.76. The zero-order chi connectivity index (χ0) is 15.2. The fraction of sp³-hybridized carbons (Fsp3) is 0.444. The highest BCUT2D eigenvalue weighted by molar-refractivity contribution is 5.44. The molecule has 1 unspecified atom stereocenters. The Hall–Kier alpha value is -2.06. The lowest BCUT2D eigenvalue weighted by Crippen LogP contribution is -2.15. The molecule has 0 aliphatic rings. The first-order valence-electron chi connectivity index (χ1n) is 6.66. The van der Waals surface area contributed by atoms with Crippen molar-refractivity contribution < 1.29 is 9.47 Å². The van der Waals surface area contributed by atoms with E-state index in [4.69, 9.17) is 22.3 Å². The maximum absolute atomic E-state index is 5.56. The molecule has 1 aromatic rings. The van der Waals surface area contributed by atoms with Gasteiger partial charge >= 0.3 is 0 Å². The Morgan fingerprint density at radius 2 is 1.60 bits per heavy atom. The third-order valence-corrected chi connectivity index (χ3v) is 3.39. The first-order valence-corrected chi connectivity index (χ1v) is 6.66. The zero-order valence-corrected chi connectivity index (χ0v) is 12.7. The van der Waals surface area contributed by atoms with E-state index in [1.807, 2.05) is 18.2 Å². The molecule has 0 aliphatic carbocycles. The lowest BCUT2D eigenvalue weighted by Gasteiger charge is -2.28. The molecular weight excluding hydrogens is 248 g/mol. The van der Waals surface area contributed by atoms with Crippen LogP contribution in [0.25, 0.3) is 0 Å². The Kier molecular flexibility index (Phi) is 5.53. The van der Waals surface area contributed by atoms with E-state index in [0.717, 1.165) is 0 Å². The molecule has 2 nitrogen and oxygen atoms in total. The van der Waals surface area contributed by atoms with E-state index in [0.29, 0.717) is 17.4 Å². The Labute approximate surface area is 122 Å². The summed E-state index contributed by atoms with van der Waals surface area (Å²) in [6, 6.07) is 5.92. The quantitative estimate of drug-likeness (QED) is 0.756. The second-order valence-electron chi connectivity index (χ2n) is 5.78. The average Bonchev–Trinajstić information content (AvgIpc) is 2.41. The van der Waals surface area contributed by atoms with Crippen LogP contribution in [0.3, 0.4) is 0 Å². The van der Waals surface area contributed by atoms with Crippen LogP contribution in [0.2, 0.25) is 0 Å². The van der Waals surface area contributed by atoms with E-state index in [9.17, 15) is 0 Å². The number of hydrogen-bond donors (Lipinski definition) is 0. The fourth-order valence-electron chi connectivity index (χ4n) is 1.76. The van der Waals surface area contributed by atoms with Crippen LogP contribution in [0.15, 0.2) is 18.2 Å². The van der Waals surface area contributed by atoms with Gasteiger partial charge in [-0.3, -0.25) is 0 Å². The highest BCUT2D eigenvalue weighted by Crippen LogP contribution is 2.38. The monoisotopic (exact) mass is 270 g/mol. The number of terminal acetylenes is 2. The minimum absolute atomic E-state index is 0.171. The van der Waals surface area contributed by atoms with E-state index in [1.165, 1.54) is 5.56 Å². The number of ether oxygens (including phenoxy) is 2. The second-order valence-corrected chi connectivity index (χ2v) is 5.78. The largest absolute Gasteiger partial charge is 0.477 e. The molecule has 1 rings (SSSR count). The van der Waals surface area contributed by atoms with Crippen LogP contribution < -0.4 is 9.47 Å². The molecule has 0 N–H and O–H groups in total. The second kappa shape index (κ2) is 6.92. The molecule has 0 saturated carbocycles. The van der Waals surface area contributed by atoms with Crippen LogP contribution in [-0.2, 0) is 0 Å². The van der Waals surface area contributed by atoms with Crippen LogP contribution in [-0.4, -0.2) is 13.2 Å². The molecule has 0 radical (unpaired) electrons. The van der Waals surface area contributed by atoms with Gasteiger partial charge in [0.15, 0.2) is 11.5 Å². The van der Waals surface area contributed by atoms with Crippen molar-refractivity contribution in [3.8, 4) is 36.2 Å². The van der Waals surface area contributed by atoms with Crippen molar-refractivity contribution in [2.24, 2.45) is 5.41 Å². The first kappa shape index (κ1) is 16.0. The zero-order valence-electron chi connectivity index (χ0n) is 12.7. The summed E-state index contributed by atoms with van der Waals surface area (Å²) in [6.07, 6.45) is 10.5. The van der Waals surface area contributed by atoms with Crippen LogP contribution >= 0.6 is 0 Å². The molecule has 2 heteroatoms. The third-order valence-electron chi connectivity index (χ3n) is 3.39. The van der Waals surface area contributed by atoms with Gasteiger partial charge in [0.05, 0.1) is 0 Å². The summed E-state index contributed by atoms with van der Waals surface area (Å²) in [5.41, 5.74) is 1.36. The normalized spacial score (nSPS) is 12.1. The lowest BCUT2D eigenvalue weighted by atomic mass is 9.78. The maximum atomic E-state index is 5.56. The van der Waals surface area contributed by atoms with Crippen molar-refractivity contribution in [2.75, 3.05) is 13.2 Å². The molecule has 1 atom stereocenters. The summed E-state index contributed by atoms with van der Waals surface area (Å²) in [4.78, 5) is 0. The predicted molar refractivity (Wildman–Crippen MR) is 83.0 cm³/mol. The van der Waals surface area contributed by atoms with Crippen LogP contribution in [0.5, 0.6) is 11.5 Å². The van der Waals surface area contributed by atoms with Gasteiger partial charge in [0.2, 0.25) is 0 Å². The molecular formula is C18H22O2. The average molecular weight is 270 g/mol. The van der Waals surface area contributed by atoms with Crippen molar-refractivity contribution in [2.45, 2.75) is 33.6 Å². The molecule has 1 aromatic carbocycles. The molecule has 20 heavy (non-hydrogen) atoms. The lowest BCUT2D eigenvalue weighted by molar-refractivity contribution is 0.310. The Morgan fingerprint density at radius 1 is 1.05 bits per heavy atom. The molecule has 0 aliphatic heterocycles. The molecule has 0 spiro atoms. The summed E-state index contributed by atoms with van der Waals surface area (Å²) >= 11 is 0. The molecule has 0 saturated heterocycles. The van der Waals surface area contributed by atoms with Crippen LogP contribution in [0.4, 0.5) is 0 Å². The molecule has 106 valence electrons. The minimum atomic E-state index is 0.171. The summed E-state index contributed by atoms with van der Waals surface area (Å²) in [5, 5.41) is 0. The highest BCUT2D eigenvalue weighted by atomic mass is 16.5. The Morgan fingerprint density at radius 3 is 2.10 bits per heavy atom. The number of benzene rings is 1. The van der Waals surface area contributed by atoms with Crippen molar-refractivity contribution in [3.05, 3.63) is 23.8 Å². The Bertz CT molecular complexity index is 524. The summed E-state index contributed by atoms with van der Waals surface area (Å²) in [6.45, 7) is 9.25. The summed E-state index contributed by atoms with van der Waals surface area (Å²) in [7, 11) is 0. The van der Waals surface area contributed by atoms with Gasteiger partial charge in [-0.05, 0) is 29.0 Å². The highest BCUT2D eigenvalue weighted by Gasteiger charge is 2.22. The standard InChI is InChI=1S/C18H22O2/c1-7-11-19-16-10-9-15(14(3)18(4,5)6)13-17(16)20-12-8-2/h1-2,9-10,13-14H,11-12H2,3-6H3. The molecule has 0 fully saturated rings. The van der Waals surface area contributed by atoms with Gasteiger partial charge in [-0.25, -0.2) is 0 Å². The van der Waals surface area contributed by atoms with Gasteiger partial charge in [0, 0.05) is 0 Å². The van der Waals surface area contributed by atoms with Gasteiger partial charge in [0.25, 0.3) is 0 Å². The van der Waals surface area contributed by atoms with Crippen molar-refractivity contribution >= 4 is 0 Å². The van der Waals surface area contributed by atoms with Crippen molar-refractivity contribution in [3.63, 3.8) is 0 Å². The van der Waals surface area contributed by atoms with Gasteiger partial charge < -0.3 is 9.47 Å². The molecule has 0 amide bonds.